The maximum Gasteiger partial charge on any atom is 0.161 e. The van der Waals surface area contributed by atoms with Gasteiger partial charge in [-0.15, -0.1) is 0 Å². The van der Waals surface area contributed by atoms with Crippen molar-refractivity contribution in [2.75, 3.05) is 5.32 Å². The molecule has 0 aromatic carbocycles. The summed E-state index contributed by atoms with van der Waals surface area (Å²) in [5.74, 6) is 0.926. The number of hydrogen-bond donors (Lipinski definition) is 3. The van der Waals surface area contributed by atoms with Crippen LogP contribution in [0, 0.1) is 5.92 Å². The van der Waals surface area contributed by atoms with E-state index in [0.29, 0.717) is 23.0 Å². The number of hydrogen-bond acceptors (Lipinski definition) is 7. The van der Waals surface area contributed by atoms with Gasteiger partial charge in [0.2, 0.25) is 0 Å². The number of aromatic amines is 2. The van der Waals surface area contributed by atoms with Gasteiger partial charge in [-0.1, -0.05) is 26.5 Å². The van der Waals surface area contributed by atoms with Gasteiger partial charge in [-0.25, -0.2) is 9.97 Å². The molecule has 0 radical (unpaired) electrons. The normalized spacial score (nSPS) is 11.4. The van der Waals surface area contributed by atoms with Crippen LogP contribution < -0.4 is 5.32 Å². The van der Waals surface area contributed by atoms with E-state index in [1.807, 2.05) is 30.3 Å². The van der Waals surface area contributed by atoms with Crippen molar-refractivity contribution in [1.29, 1.82) is 0 Å². The Balaban J connectivity index is 1.41. The Kier molecular flexibility index (Phi) is 5.22. The van der Waals surface area contributed by atoms with Crippen molar-refractivity contribution in [3.63, 3.8) is 0 Å². The van der Waals surface area contributed by atoms with Gasteiger partial charge in [-0.05, 0) is 30.2 Å². The molecule has 36 heavy (non-hydrogen) atoms. The van der Waals surface area contributed by atoms with E-state index >= 15 is 0 Å². The Hall–Kier alpha value is -4.92. The van der Waals surface area contributed by atoms with Crippen LogP contribution in [0.4, 0.5) is 5.69 Å². The molecule has 6 aromatic rings. The highest BCUT2D eigenvalue weighted by Crippen LogP contribution is 2.31. The Morgan fingerprint density at radius 1 is 0.889 bits per heavy atom. The number of anilines is 1. The van der Waals surface area contributed by atoms with Crippen LogP contribution in [-0.2, 0) is 0 Å². The molecule has 3 N–H and O–H groups in total. The van der Waals surface area contributed by atoms with Gasteiger partial charge >= 0.3 is 0 Å². The smallest absolute Gasteiger partial charge is 0.161 e. The topological polar surface area (TPSA) is 121 Å². The van der Waals surface area contributed by atoms with Crippen molar-refractivity contribution < 1.29 is 0 Å². The second-order valence-corrected chi connectivity index (χ2v) is 8.84. The van der Waals surface area contributed by atoms with Gasteiger partial charge in [0.05, 0.1) is 34.8 Å². The van der Waals surface area contributed by atoms with Crippen molar-refractivity contribution in [1.82, 2.24) is 40.1 Å². The van der Waals surface area contributed by atoms with Crippen LogP contribution in [0.1, 0.15) is 13.8 Å². The molecule has 176 valence electrons. The number of nitrogens with zero attached hydrogens (tertiary/aromatic N) is 6. The summed E-state index contributed by atoms with van der Waals surface area (Å²) in [5.41, 5.74) is 9.09. The van der Waals surface area contributed by atoms with E-state index in [2.05, 4.69) is 55.9 Å². The first-order valence-corrected chi connectivity index (χ1v) is 11.6. The lowest BCUT2D eigenvalue weighted by Gasteiger charge is -2.13. The van der Waals surface area contributed by atoms with Crippen molar-refractivity contribution in [3.8, 4) is 33.9 Å². The van der Waals surface area contributed by atoms with Crippen LogP contribution in [0.25, 0.3) is 56.0 Å². The van der Waals surface area contributed by atoms with E-state index in [9.17, 15) is 0 Å². The Morgan fingerprint density at radius 2 is 1.75 bits per heavy atom. The van der Waals surface area contributed by atoms with Gasteiger partial charge in [0, 0.05) is 47.2 Å². The first-order chi connectivity index (χ1) is 17.6. The van der Waals surface area contributed by atoms with Gasteiger partial charge in [0.15, 0.2) is 11.5 Å². The standard InChI is InChI=1S/C27H23N9/c1-15(2)16(3)31-19-9-18(11-29-12-19)21-6-7-22-25(32-21)26(36-35-22)27-33-23-14-30-13-20(24(23)34-27)17-5-4-8-28-10-17/h4-15,31H,3H2,1-2H3,(H,33,34)(H,35,36). The molecule has 0 aliphatic carbocycles. The summed E-state index contributed by atoms with van der Waals surface area (Å²) in [6.45, 7) is 8.28. The SMILES string of the molecule is C=C(Nc1cncc(-c2ccc3[nH]nc(-c4nc5c(-c6cccnc6)cncc5[nH]4)c3n2)c1)C(C)C. The van der Waals surface area contributed by atoms with E-state index in [-0.39, 0.29) is 0 Å². The molecule has 0 spiro atoms. The van der Waals surface area contributed by atoms with Gasteiger partial charge in [-0.3, -0.25) is 20.1 Å². The lowest BCUT2D eigenvalue weighted by Crippen LogP contribution is -2.04. The average Bonchev–Trinajstić information content (AvgIpc) is 3.53. The van der Waals surface area contributed by atoms with Crippen LogP contribution in [0.15, 0.2) is 79.8 Å². The van der Waals surface area contributed by atoms with Crippen LogP contribution in [0.2, 0.25) is 0 Å². The predicted octanol–water partition coefficient (Wildman–Crippen LogP) is 5.60. The fourth-order valence-electron chi connectivity index (χ4n) is 3.98. The molecule has 9 heteroatoms. The molecular weight excluding hydrogens is 450 g/mol. The van der Waals surface area contributed by atoms with E-state index in [1.54, 1.807) is 37.2 Å². The largest absolute Gasteiger partial charge is 0.358 e. The van der Waals surface area contributed by atoms with Crippen LogP contribution in [0.5, 0.6) is 0 Å². The summed E-state index contributed by atoms with van der Waals surface area (Å²) >= 11 is 0. The second kappa shape index (κ2) is 8.70. The number of aromatic nitrogens is 8. The maximum absolute atomic E-state index is 4.92. The number of nitrogens with one attached hydrogen (secondary N) is 3. The molecule has 0 amide bonds. The van der Waals surface area contributed by atoms with Crippen molar-refractivity contribution in [2.24, 2.45) is 5.92 Å². The Morgan fingerprint density at radius 3 is 2.58 bits per heavy atom. The molecule has 6 heterocycles. The molecular formula is C27H23N9. The van der Waals surface area contributed by atoms with E-state index in [4.69, 9.17) is 9.97 Å². The Labute approximate surface area is 206 Å². The highest BCUT2D eigenvalue weighted by molar-refractivity contribution is 5.95. The van der Waals surface area contributed by atoms with E-state index in [1.165, 1.54) is 0 Å². The van der Waals surface area contributed by atoms with Crippen LogP contribution in [-0.4, -0.2) is 40.1 Å². The molecule has 6 rings (SSSR count). The fraction of sp³-hybridized carbons (Fsp3) is 0.111. The molecule has 6 aromatic heterocycles. The third kappa shape index (κ3) is 3.86. The first kappa shape index (κ1) is 21.6. The molecule has 0 bridgehead atoms. The molecule has 0 aliphatic rings. The number of rotatable bonds is 6. The van der Waals surface area contributed by atoms with Crippen LogP contribution in [0.3, 0.4) is 0 Å². The van der Waals surface area contributed by atoms with E-state index < -0.39 is 0 Å². The van der Waals surface area contributed by atoms with Gasteiger partial charge < -0.3 is 10.3 Å². The average molecular weight is 474 g/mol. The fourth-order valence-corrected chi connectivity index (χ4v) is 3.98. The third-order valence-electron chi connectivity index (χ3n) is 6.03. The lowest BCUT2D eigenvalue weighted by molar-refractivity contribution is 0.778. The second-order valence-electron chi connectivity index (χ2n) is 8.84. The summed E-state index contributed by atoms with van der Waals surface area (Å²) in [4.78, 5) is 26.1. The number of fused-ring (bicyclic) bond motifs is 2. The van der Waals surface area contributed by atoms with Crippen molar-refractivity contribution in [3.05, 3.63) is 79.8 Å². The number of allylic oxidation sites excluding steroid dienone is 1. The van der Waals surface area contributed by atoms with Crippen LogP contribution >= 0.6 is 0 Å². The maximum atomic E-state index is 4.92. The zero-order chi connectivity index (χ0) is 24.6. The number of H-pyrrole nitrogens is 2. The molecule has 0 unspecified atom stereocenters. The molecule has 0 saturated carbocycles. The number of pyridine rings is 4. The van der Waals surface area contributed by atoms with E-state index in [0.717, 1.165) is 50.3 Å². The zero-order valence-corrected chi connectivity index (χ0v) is 19.8. The molecule has 0 aliphatic heterocycles. The minimum absolute atomic E-state index is 0.314. The molecule has 0 fully saturated rings. The number of imidazole rings is 1. The molecule has 0 saturated heterocycles. The summed E-state index contributed by atoms with van der Waals surface area (Å²) in [5, 5.41) is 10.9. The highest BCUT2D eigenvalue weighted by atomic mass is 15.2. The van der Waals surface area contributed by atoms with Gasteiger partial charge in [-0.2, -0.15) is 5.10 Å². The van der Waals surface area contributed by atoms with Gasteiger partial charge in [0.25, 0.3) is 0 Å². The highest BCUT2D eigenvalue weighted by Gasteiger charge is 2.17. The summed E-state index contributed by atoms with van der Waals surface area (Å²) in [6, 6.07) is 9.81. The monoisotopic (exact) mass is 473 g/mol. The van der Waals surface area contributed by atoms with Crippen molar-refractivity contribution in [2.45, 2.75) is 13.8 Å². The molecule has 0 atom stereocenters. The zero-order valence-electron chi connectivity index (χ0n) is 19.8. The predicted molar refractivity (Wildman–Crippen MR) is 141 cm³/mol. The van der Waals surface area contributed by atoms with Gasteiger partial charge in [0.1, 0.15) is 11.0 Å². The third-order valence-corrected chi connectivity index (χ3v) is 6.03. The summed E-state index contributed by atoms with van der Waals surface area (Å²) in [7, 11) is 0. The molecule has 9 nitrogen and oxygen atoms in total. The van der Waals surface area contributed by atoms with Crippen molar-refractivity contribution >= 4 is 27.8 Å². The summed E-state index contributed by atoms with van der Waals surface area (Å²) in [6.07, 6.45) is 10.7. The summed E-state index contributed by atoms with van der Waals surface area (Å²) < 4.78 is 0. The quantitative estimate of drug-likeness (QED) is 0.288. The Bertz CT molecular complexity index is 1710. The first-order valence-electron chi connectivity index (χ1n) is 11.6. The minimum atomic E-state index is 0.314. The lowest BCUT2D eigenvalue weighted by atomic mass is 10.1. The minimum Gasteiger partial charge on any atom is -0.358 e.